The standard InChI is InChI=1S/C21H41N5/c1-18-14-19(2)16-25(15-18)20(22-3)23-17-21(8-12-24(4)13-9-21)26-10-6-5-7-11-26/h18-19H,5-17H2,1-4H3,(H,22,23). The minimum absolute atomic E-state index is 0.315. The fraction of sp³-hybridized carbons (Fsp3) is 0.952. The number of nitrogens with one attached hydrogen (secondary N) is 1. The molecule has 0 bridgehead atoms. The lowest BCUT2D eigenvalue weighted by Gasteiger charge is -2.50. The van der Waals surface area contributed by atoms with Crippen LogP contribution in [0.1, 0.15) is 52.4 Å². The van der Waals surface area contributed by atoms with Gasteiger partial charge in [0, 0.05) is 32.2 Å². The van der Waals surface area contributed by atoms with Crippen LogP contribution >= 0.6 is 0 Å². The van der Waals surface area contributed by atoms with Crippen LogP contribution in [0.4, 0.5) is 0 Å². The number of hydrogen-bond acceptors (Lipinski definition) is 3. The molecular formula is C21H41N5. The number of guanidine groups is 1. The predicted molar refractivity (Wildman–Crippen MR) is 111 cm³/mol. The summed E-state index contributed by atoms with van der Waals surface area (Å²) in [7, 11) is 4.22. The molecule has 3 fully saturated rings. The number of rotatable bonds is 3. The first-order chi connectivity index (χ1) is 12.5. The minimum Gasteiger partial charge on any atom is -0.354 e. The van der Waals surface area contributed by atoms with Gasteiger partial charge in [-0.25, -0.2) is 0 Å². The highest BCUT2D eigenvalue weighted by atomic mass is 15.3. The van der Waals surface area contributed by atoms with Gasteiger partial charge >= 0.3 is 0 Å². The summed E-state index contributed by atoms with van der Waals surface area (Å²) in [4.78, 5) is 12.5. The van der Waals surface area contributed by atoms with Gasteiger partial charge in [0.25, 0.3) is 0 Å². The highest BCUT2D eigenvalue weighted by Gasteiger charge is 2.40. The smallest absolute Gasteiger partial charge is 0.193 e. The Bertz CT molecular complexity index is 453. The monoisotopic (exact) mass is 363 g/mol. The summed E-state index contributed by atoms with van der Waals surface area (Å²) in [6.45, 7) is 13.1. The van der Waals surface area contributed by atoms with Gasteiger partial charge < -0.3 is 15.1 Å². The average Bonchev–Trinajstić information content (AvgIpc) is 2.64. The number of hydrogen-bond donors (Lipinski definition) is 1. The molecule has 26 heavy (non-hydrogen) atoms. The van der Waals surface area contributed by atoms with Crippen LogP contribution in [0.5, 0.6) is 0 Å². The second-order valence-electron chi connectivity index (χ2n) is 9.33. The summed E-state index contributed by atoms with van der Waals surface area (Å²) >= 11 is 0. The van der Waals surface area contributed by atoms with E-state index in [9.17, 15) is 0 Å². The third-order valence-electron chi connectivity index (χ3n) is 6.90. The fourth-order valence-electron chi connectivity index (χ4n) is 5.42. The van der Waals surface area contributed by atoms with Crippen molar-refractivity contribution in [1.29, 1.82) is 0 Å². The van der Waals surface area contributed by atoms with Crippen LogP contribution in [-0.4, -0.2) is 86.1 Å². The van der Waals surface area contributed by atoms with E-state index in [1.165, 1.54) is 64.7 Å². The van der Waals surface area contributed by atoms with Crippen LogP contribution in [0.25, 0.3) is 0 Å². The number of piperidine rings is 3. The van der Waals surface area contributed by atoms with Crippen molar-refractivity contribution >= 4 is 5.96 Å². The van der Waals surface area contributed by atoms with E-state index in [0.29, 0.717) is 5.54 Å². The zero-order valence-corrected chi connectivity index (χ0v) is 17.6. The van der Waals surface area contributed by atoms with Crippen LogP contribution in [0.15, 0.2) is 4.99 Å². The van der Waals surface area contributed by atoms with Gasteiger partial charge in [-0.05, 0) is 77.2 Å². The second kappa shape index (κ2) is 8.92. The first kappa shape index (κ1) is 19.9. The van der Waals surface area contributed by atoms with Crippen LogP contribution in [0.2, 0.25) is 0 Å². The Balaban J connectivity index is 1.66. The van der Waals surface area contributed by atoms with Crippen molar-refractivity contribution in [3.05, 3.63) is 0 Å². The Kier molecular flexibility index (Phi) is 6.84. The van der Waals surface area contributed by atoms with Crippen LogP contribution in [-0.2, 0) is 0 Å². The Morgan fingerprint density at radius 3 is 2.19 bits per heavy atom. The maximum absolute atomic E-state index is 4.66. The molecule has 0 aromatic carbocycles. The van der Waals surface area contributed by atoms with Crippen molar-refractivity contribution in [1.82, 2.24) is 20.0 Å². The van der Waals surface area contributed by atoms with Gasteiger partial charge in [0.1, 0.15) is 0 Å². The molecule has 5 heteroatoms. The molecular weight excluding hydrogens is 322 g/mol. The summed E-state index contributed by atoms with van der Waals surface area (Å²) in [5.74, 6) is 2.65. The zero-order valence-electron chi connectivity index (χ0n) is 17.6. The van der Waals surface area contributed by atoms with Gasteiger partial charge in [0.2, 0.25) is 0 Å². The molecule has 3 aliphatic heterocycles. The molecule has 0 spiro atoms. The number of nitrogens with zero attached hydrogens (tertiary/aromatic N) is 4. The van der Waals surface area contributed by atoms with E-state index in [2.05, 4.69) is 45.9 Å². The van der Waals surface area contributed by atoms with E-state index >= 15 is 0 Å². The number of likely N-dealkylation sites (tertiary alicyclic amines) is 3. The first-order valence-electron chi connectivity index (χ1n) is 10.9. The molecule has 1 N–H and O–H groups in total. The number of aliphatic imine (C=N–C) groups is 1. The molecule has 0 saturated carbocycles. The first-order valence-corrected chi connectivity index (χ1v) is 10.9. The van der Waals surface area contributed by atoms with E-state index in [-0.39, 0.29) is 0 Å². The normalized spacial score (nSPS) is 31.8. The largest absolute Gasteiger partial charge is 0.354 e. The zero-order chi connectivity index (χ0) is 18.6. The molecule has 150 valence electrons. The molecule has 5 nitrogen and oxygen atoms in total. The van der Waals surface area contributed by atoms with Crippen LogP contribution < -0.4 is 5.32 Å². The van der Waals surface area contributed by atoms with Gasteiger partial charge in [-0.2, -0.15) is 0 Å². The van der Waals surface area contributed by atoms with Gasteiger partial charge in [-0.1, -0.05) is 20.3 Å². The molecule has 3 heterocycles. The van der Waals surface area contributed by atoms with Gasteiger partial charge in [-0.3, -0.25) is 9.89 Å². The molecule has 3 aliphatic rings. The van der Waals surface area contributed by atoms with Crippen molar-refractivity contribution in [2.75, 3.05) is 59.9 Å². The lowest BCUT2D eigenvalue weighted by molar-refractivity contribution is 0.0167. The molecule has 3 saturated heterocycles. The average molecular weight is 364 g/mol. The van der Waals surface area contributed by atoms with Crippen molar-refractivity contribution in [2.45, 2.75) is 57.9 Å². The highest BCUT2D eigenvalue weighted by Crippen LogP contribution is 2.31. The summed E-state index contributed by atoms with van der Waals surface area (Å²) in [6.07, 6.45) is 8.05. The topological polar surface area (TPSA) is 34.1 Å². The molecule has 0 radical (unpaired) electrons. The van der Waals surface area contributed by atoms with Crippen molar-refractivity contribution in [2.24, 2.45) is 16.8 Å². The lowest BCUT2D eigenvalue weighted by atomic mass is 9.84. The molecule has 3 rings (SSSR count). The maximum atomic E-state index is 4.66. The summed E-state index contributed by atoms with van der Waals surface area (Å²) in [5, 5.41) is 3.82. The minimum atomic E-state index is 0.315. The summed E-state index contributed by atoms with van der Waals surface area (Å²) in [5.41, 5.74) is 0.315. The third-order valence-corrected chi connectivity index (χ3v) is 6.90. The van der Waals surface area contributed by atoms with Crippen LogP contribution in [0, 0.1) is 11.8 Å². The molecule has 0 aromatic heterocycles. The highest BCUT2D eigenvalue weighted by molar-refractivity contribution is 5.80. The summed E-state index contributed by atoms with van der Waals surface area (Å²) in [6, 6.07) is 0. The van der Waals surface area contributed by atoms with Crippen molar-refractivity contribution < 1.29 is 0 Å². The molecule has 0 aliphatic carbocycles. The van der Waals surface area contributed by atoms with Crippen molar-refractivity contribution in [3.63, 3.8) is 0 Å². The SMILES string of the molecule is CN=C(NCC1(N2CCCCC2)CCN(C)CC1)N1CC(C)CC(C)C1. The molecule has 0 amide bonds. The fourth-order valence-corrected chi connectivity index (χ4v) is 5.42. The Morgan fingerprint density at radius 2 is 1.62 bits per heavy atom. The van der Waals surface area contributed by atoms with Crippen LogP contribution in [0.3, 0.4) is 0 Å². The third kappa shape index (κ3) is 4.72. The lowest BCUT2D eigenvalue weighted by Crippen LogP contribution is -2.62. The predicted octanol–water partition coefficient (Wildman–Crippen LogP) is 2.49. The van der Waals surface area contributed by atoms with Gasteiger partial charge in [-0.15, -0.1) is 0 Å². The van der Waals surface area contributed by atoms with E-state index in [0.717, 1.165) is 37.4 Å². The van der Waals surface area contributed by atoms with Gasteiger partial charge in [0.05, 0.1) is 0 Å². The second-order valence-corrected chi connectivity index (χ2v) is 9.33. The van der Waals surface area contributed by atoms with Gasteiger partial charge in [0.15, 0.2) is 5.96 Å². The molecule has 2 unspecified atom stereocenters. The van der Waals surface area contributed by atoms with Crippen molar-refractivity contribution in [3.8, 4) is 0 Å². The summed E-state index contributed by atoms with van der Waals surface area (Å²) < 4.78 is 0. The Labute approximate surface area is 161 Å². The van der Waals surface area contributed by atoms with E-state index in [1.54, 1.807) is 0 Å². The quantitative estimate of drug-likeness (QED) is 0.617. The Hall–Kier alpha value is -0.810. The van der Waals surface area contributed by atoms with E-state index in [1.807, 2.05) is 7.05 Å². The van der Waals surface area contributed by atoms with E-state index < -0.39 is 0 Å². The molecule has 0 aromatic rings. The Morgan fingerprint density at radius 1 is 1.00 bits per heavy atom. The maximum Gasteiger partial charge on any atom is 0.193 e. The van der Waals surface area contributed by atoms with E-state index in [4.69, 9.17) is 0 Å². The molecule has 2 atom stereocenters.